The van der Waals surface area contributed by atoms with Crippen LogP contribution in [0.3, 0.4) is 0 Å². The zero-order chi connectivity index (χ0) is 6.41. The summed E-state index contributed by atoms with van der Waals surface area (Å²) < 4.78 is 0. The van der Waals surface area contributed by atoms with Crippen molar-refractivity contribution in [2.45, 2.75) is 26.2 Å². The maximum absolute atomic E-state index is 8.73. The molecular weight excluding hydrogens is 102 g/mol. The van der Waals surface area contributed by atoms with Crippen molar-refractivity contribution in [1.29, 1.82) is 0 Å². The molecule has 0 spiro atoms. The molecule has 0 rings (SSSR count). The van der Waals surface area contributed by atoms with Crippen LogP contribution >= 0.6 is 0 Å². The Balaban J connectivity index is 3.12. The minimum absolute atomic E-state index is 0.298. The lowest BCUT2D eigenvalue weighted by Crippen LogP contribution is -1.86. The Kier molecular flexibility index (Phi) is 4.13. The van der Waals surface area contributed by atoms with Gasteiger partial charge in [-0.3, -0.25) is 0 Å². The lowest BCUT2D eigenvalue weighted by atomic mass is 10.2. The fraction of sp³-hybridized carbons (Fsp3) is 0.667. The van der Waals surface area contributed by atoms with Gasteiger partial charge in [-0.25, -0.2) is 0 Å². The predicted molar refractivity (Wildman–Crippen MR) is 34.4 cm³/mol. The van der Waals surface area contributed by atoms with Crippen molar-refractivity contribution in [1.82, 2.24) is 0 Å². The van der Waals surface area contributed by atoms with Crippen LogP contribution < -0.4 is 5.73 Å². The van der Waals surface area contributed by atoms with Gasteiger partial charge in [0.05, 0.1) is 0 Å². The molecule has 3 N–H and O–H groups in total. The maximum Gasteiger partial charge on any atom is 0.108 e. The average molecular weight is 115 g/mol. The number of hydrogen-bond donors (Lipinski definition) is 2. The Morgan fingerprint density at radius 3 is 2.75 bits per heavy atom. The van der Waals surface area contributed by atoms with Crippen LogP contribution in [0.4, 0.5) is 0 Å². The number of hydrogen-bond acceptors (Lipinski definition) is 2. The van der Waals surface area contributed by atoms with E-state index >= 15 is 0 Å². The van der Waals surface area contributed by atoms with Crippen molar-refractivity contribution in [3.05, 3.63) is 12.0 Å². The lowest BCUT2D eigenvalue weighted by Gasteiger charge is -1.93. The van der Waals surface area contributed by atoms with E-state index < -0.39 is 0 Å². The van der Waals surface area contributed by atoms with E-state index in [4.69, 9.17) is 10.8 Å². The van der Waals surface area contributed by atoms with Gasteiger partial charge in [-0.15, -0.1) is 0 Å². The van der Waals surface area contributed by atoms with Crippen LogP contribution in [0.2, 0.25) is 0 Å². The Morgan fingerprint density at radius 1 is 1.75 bits per heavy atom. The third-order valence-corrected chi connectivity index (χ3v) is 0.979. The van der Waals surface area contributed by atoms with Crippen LogP contribution in [-0.4, -0.2) is 5.11 Å². The Bertz CT molecular complexity index is 78.6. The van der Waals surface area contributed by atoms with Crippen molar-refractivity contribution in [2.24, 2.45) is 5.73 Å². The average Bonchev–Trinajstić information content (AvgIpc) is 1.83. The fourth-order valence-corrected chi connectivity index (χ4v) is 0.441. The molecule has 0 saturated carbocycles. The van der Waals surface area contributed by atoms with Gasteiger partial charge in [0, 0.05) is 12.6 Å². The zero-order valence-corrected chi connectivity index (χ0v) is 5.22. The third-order valence-electron chi connectivity index (χ3n) is 0.979. The molecule has 48 valence electrons. The largest absolute Gasteiger partial charge is 0.511 e. The Morgan fingerprint density at radius 2 is 2.38 bits per heavy atom. The molecule has 0 aromatic rings. The van der Waals surface area contributed by atoms with E-state index in [0.29, 0.717) is 12.2 Å². The molecule has 0 amide bonds. The van der Waals surface area contributed by atoms with E-state index in [1.807, 2.05) is 0 Å². The minimum atomic E-state index is 0.298. The molecule has 0 aliphatic heterocycles. The van der Waals surface area contributed by atoms with Gasteiger partial charge >= 0.3 is 0 Å². The van der Waals surface area contributed by atoms with Crippen LogP contribution in [0, 0.1) is 0 Å². The van der Waals surface area contributed by atoms with Crippen molar-refractivity contribution in [3.8, 4) is 0 Å². The quantitative estimate of drug-likeness (QED) is 0.548. The number of rotatable bonds is 3. The van der Waals surface area contributed by atoms with Gasteiger partial charge in [-0.2, -0.15) is 0 Å². The van der Waals surface area contributed by atoms with Gasteiger partial charge in [-0.1, -0.05) is 13.3 Å². The van der Waals surface area contributed by atoms with Gasteiger partial charge < -0.3 is 10.8 Å². The Labute approximate surface area is 50.0 Å². The summed E-state index contributed by atoms with van der Waals surface area (Å²) in [7, 11) is 0. The number of nitrogens with two attached hydrogens (primary N) is 1. The van der Waals surface area contributed by atoms with Gasteiger partial charge in [-0.05, 0) is 6.42 Å². The third kappa shape index (κ3) is 3.53. The summed E-state index contributed by atoms with van der Waals surface area (Å²) in [4.78, 5) is 0. The van der Waals surface area contributed by atoms with Crippen LogP contribution in [0.1, 0.15) is 26.2 Å². The summed E-state index contributed by atoms with van der Waals surface area (Å²) in [5.74, 6) is 0.298. The number of allylic oxidation sites excluding steroid dienone is 1. The fourth-order valence-electron chi connectivity index (χ4n) is 0.441. The molecule has 2 nitrogen and oxygen atoms in total. The SMILES string of the molecule is CCCCC(O)=CN. The zero-order valence-electron chi connectivity index (χ0n) is 5.22. The molecule has 0 aliphatic rings. The highest BCUT2D eigenvalue weighted by Gasteiger charge is 1.87. The number of aliphatic hydroxyl groups excluding tert-OH is 1. The van der Waals surface area contributed by atoms with Crippen molar-refractivity contribution in [2.75, 3.05) is 0 Å². The van der Waals surface area contributed by atoms with Crippen molar-refractivity contribution in [3.63, 3.8) is 0 Å². The highest BCUT2D eigenvalue weighted by molar-refractivity contribution is 4.85. The lowest BCUT2D eigenvalue weighted by molar-refractivity contribution is 0.381. The second kappa shape index (κ2) is 4.50. The summed E-state index contributed by atoms with van der Waals surface area (Å²) in [6, 6.07) is 0. The first-order valence-corrected chi connectivity index (χ1v) is 2.91. The highest BCUT2D eigenvalue weighted by Crippen LogP contribution is 2.00. The first kappa shape index (κ1) is 7.34. The van der Waals surface area contributed by atoms with Crippen molar-refractivity contribution < 1.29 is 5.11 Å². The number of unbranched alkanes of at least 4 members (excludes halogenated alkanes) is 1. The van der Waals surface area contributed by atoms with Crippen molar-refractivity contribution >= 4 is 0 Å². The van der Waals surface area contributed by atoms with Crippen LogP contribution in [0.15, 0.2) is 12.0 Å². The molecule has 2 heteroatoms. The van der Waals surface area contributed by atoms with Gasteiger partial charge in [0.15, 0.2) is 0 Å². The van der Waals surface area contributed by atoms with E-state index in [2.05, 4.69) is 6.92 Å². The molecule has 8 heavy (non-hydrogen) atoms. The first-order chi connectivity index (χ1) is 3.81. The van der Waals surface area contributed by atoms with Gasteiger partial charge in [0.25, 0.3) is 0 Å². The van der Waals surface area contributed by atoms with Crippen LogP contribution in [-0.2, 0) is 0 Å². The minimum Gasteiger partial charge on any atom is -0.511 e. The first-order valence-electron chi connectivity index (χ1n) is 2.91. The molecule has 0 heterocycles. The molecule has 0 aromatic carbocycles. The summed E-state index contributed by atoms with van der Waals surface area (Å²) in [5.41, 5.74) is 5.00. The van der Waals surface area contributed by atoms with Gasteiger partial charge in [0.1, 0.15) is 5.76 Å². The second-order valence-electron chi connectivity index (χ2n) is 1.76. The van der Waals surface area contributed by atoms with E-state index in [1.165, 1.54) is 6.20 Å². The van der Waals surface area contributed by atoms with Crippen LogP contribution in [0.5, 0.6) is 0 Å². The van der Waals surface area contributed by atoms with E-state index in [1.54, 1.807) is 0 Å². The molecule has 0 atom stereocenters. The summed E-state index contributed by atoms with van der Waals surface area (Å²) >= 11 is 0. The standard InChI is InChI=1S/C6H13NO/c1-2-3-4-6(8)5-7/h5,8H,2-4,7H2,1H3. The normalized spacial score (nSPS) is 11.9. The second-order valence-corrected chi connectivity index (χ2v) is 1.76. The summed E-state index contributed by atoms with van der Waals surface area (Å²) in [6.45, 7) is 2.07. The smallest absolute Gasteiger partial charge is 0.108 e. The molecule has 0 radical (unpaired) electrons. The van der Waals surface area contributed by atoms with Crippen LogP contribution in [0.25, 0.3) is 0 Å². The maximum atomic E-state index is 8.73. The van der Waals surface area contributed by atoms with E-state index in [9.17, 15) is 0 Å². The van der Waals surface area contributed by atoms with E-state index in [0.717, 1.165) is 12.8 Å². The predicted octanol–water partition coefficient (Wildman–Crippen LogP) is 1.53. The summed E-state index contributed by atoms with van der Waals surface area (Å²) in [5, 5.41) is 8.73. The molecule has 0 aromatic heterocycles. The molecule has 0 saturated heterocycles. The highest BCUT2D eigenvalue weighted by atomic mass is 16.3. The topological polar surface area (TPSA) is 46.2 Å². The van der Waals surface area contributed by atoms with Gasteiger partial charge in [0.2, 0.25) is 0 Å². The monoisotopic (exact) mass is 115 g/mol. The molecule has 0 unspecified atom stereocenters. The van der Waals surface area contributed by atoms with E-state index in [-0.39, 0.29) is 0 Å². The molecule has 0 bridgehead atoms. The number of aliphatic hydroxyl groups is 1. The Hall–Kier alpha value is -0.660. The molecule has 0 aliphatic carbocycles. The molecule has 0 fully saturated rings. The summed E-state index contributed by atoms with van der Waals surface area (Å²) in [6.07, 6.45) is 4.07. The molecular formula is C6H13NO.